The molecule has 4 heteroatoms. The Morgan fingerprint density at radius 1 is 0.960 bits per heavy atom. The lowest BCUT2D eigenvalue weighted by Gasteiger charge is -2.08. The van der Waals surface area contributed by atoms with E-state index >= 15 is 0 Å². The van der Waals surface area contributed by atoms with Crippen molar-refractivity contribution < 1.29 is 4.79 Å². The lowest BCUT2D eigenvalue weighted by molar-refractivity contribution is -0.121. The Morgan fingerprint density at radius 3 is 2.56 bits per heavy atom. The van der Waals surface area contributed by atoms with Crippen LogP contribution in [0.25, 0.3) is 10.8 Å². The maximum absolute atomic E-state index is 12.1. The van der Waals surface area contributed by atoms with Crippen molar-refractivity contribution in [3.63, 3.8) is 0 Å². The summed E-state index contributed by atoms with van der Waals surface area (Å²) in [5, 5.41) is 6.18. The molecule has 0 unspecified atom stereocenters. The van der Waals surface area contributed by atoms with Crippen molar-refractivity contribution in [2.75, 3.05) is 5.75 Å². The van der Waals surface area contributed by atoms with Gasteiger partial charge in [-0.3, -0.25) is 4.79 Å². The van der Waals surface area contributed by atoms with Crippen LogP contribution >= 0.6 is 23.4 Å². The van der Waals surface area contributed by atoms with Gasteiger partial charge < -0.3 is 5.32 Å². The molecule has 0 bridgehead atoms. The third-order valence-corrected chi connectivity index (χ3v) is 5.34. The first-order chi connectivity index (χ1) is 12.2. The summed E-state index contributed by atoms with van der Waals surface area (Å²) in [4.78, 5) is 13.3. The lowest BCUT2D eigenvalue weighted by Crippen LogP contribution is -2.22. The van der Waals surface area contributed by atoms with Crippen LogP contribution in [-0.4, -0.2) is 11.7 Å². The summed E-state index contributed by atoms with van der Waals surface area (Å²) in [5.74, 6) is 1.02. The molecule has 3 aromatic rings. The largest absolute Gasteiger partial charge is 0.352 e. The molecule has 2 nitrogen and oxygen atoms in total. The van der Waals surface area contributed by atoms with Gasteiger partial charge in [0.15, 0.2) is 0 Å². The van der Waals surface area contributed by atoms with Crippen LogP contribution in [0.1, 0.15) is 18.4 Å². The highest BCUT2D eigenvalue weighted by atomic mass is 35.5. The van der Waals surface area contributed by atoms with Gasteiger partial charge in [0.1, 0.15) is 0 Å². The molecule has 0 saturated heterocycles. The number of carbonyl (C=O) groups excluding carboxylic acids is 1. The zero-order valence-electron chi connectivity index (χ0n) is 13.9. The molecule has 0 aliphatic heterocycles. The van der Waals surface area contributed by atoms with Gasteiger partial charge in [0, 0.05) is 22.9 Å². The normalized spacial score (nSPS) is 10.8. The highest BCUT2D eigenvalue weighted by Gasteiger charge is 2.04. The number of fused-ring (bicyclic) bond motifs is 1. The molecule has 1 N–H and O–H groups in total. The van der Waals surface area contributed by atoms with Crippen LogP contribution in [0.4, 0.5) is 0 Å². The summed E-state index contributed by atoms with van der Waals surface area (Å²) in [6, 6.07) is 22.2. The van der Waals surface area contributed by atoms with E-state index in [9.17, 15) is 4.79 Å². The second-order valence-electron chi connectivity index (χ2n) is 5.82. The Kier molecular flexibility index (Phi) is 6.37. The molecule has 0 radical (unpaired) electrons. The van der Waals surface area contributed by atoms with Crippen molar-refractivity contribution in [2.45, 2.75) is 24.3 Å². The van der Waals surface area contributed by atoms with Crippen LogP contribution in [0.2, 0.25) is 5.02 Å². The molecule has 0 aliphatic carbocycles. The fourth-order valence-electron chi connectivity index (χ4n) is 2.68. The Bertz CT molecular complexity index is 843. The Balaban J connectivity index is 1.42. The van der Waals surface area contributed by atoms with E-state index in [0.29, 0.717) is 13.0 Å². The van der Waals surface area contributed by atoms with Crippen molar-refractivity contribution in [1.29, 1.82) is 0 Å². The van der Waals surface area contributed by atoms with E-state index in [-0.39, 0.29) is 5.91 Å². The van der Waals surface area contributed by atoms with Crippen LogP contribution in [0.15, 0.2) is 71.6 Å². The van der Waals surface area contributed by atoms with E-state index in [0.717, 1.165) is 22.8 Å². The number of halogens is 1. The summed E-state index contributed by atoms with van der Waals surface area (Å²) in [5.41, 5.74) is 1.15. The first kappa shape index (κ1) is 17.8. The molecule has 1 amide bonds. The van der Waals surface area contributed by atoms with Crippen LogP contribution in [0.3, 0.4) is 0 Å². The predicted molar refractivity (Wildman–Crippen MR) is 107 cm³/mol. The fourth-order valence-corrected chi connectivity index (χ4v) is 3.66. The molecule has 0 aliphatic rings. The number of thioether (sulfide) groups is 1. The fraction of sp³-hybridized carbons (Fsp3) is 0.190. The predicted octanol–water partition coefficient (Wildman–Crippen LogP) is 5.68. The molecule has 3 rings (SSSR count). The van der Waals surface area contributed by atoms with Crippen LogP contribution in [0, 0.1) is 0 Å². The third-order valence-electron chi connectivity index (χ3n) is 3.99. The SMILES string of the molecule is O=C(CCCSc1ccc(Cl)cc1)NCc1cccc2ccccc12. The number of carbonyl (C=O) groups is 1. The molecule has 25 heavy (non-hydrogen) atoms. The van der Waals surface area contributed by atoms with E-state index in [1.54, 1.807) is 11.8 Å². The van der Waals surface area contributed by atoms with Gasteiger partial charge in [-0.2, -0.15) is 0 Å². The molecule has 0 atom stereocenters. The van der Waals surface area contributed by atoms with Crippen molar-refractivity contribution in [3.05, 3.63) is 77.3 Å². The van der Waals surface area contributed by atoms with E-state index in [4.69, 9.17) is 11.6 Å². The van der Waals surface area contributed by atoms with E-state index in [1.807, 2.05) is 42.5 Å². The van der Waals surface area contributed by atoms with Gasteiger partial charge in [0.2, 0.25) is 5.91 Å². The minimum Gasteiger partial charge on any atom is -0.352 e. The van der Waals surface area contributed by atoms with Crippen LogP contribution in [-0.2, 0) is 11.3 Å². The zero-order chi connectivity index (χ0) is 17.5. The number of hydrogen-bond acceptors (Lipinski definition) is 2. The second-order valence-corrected chi connectivity index (χ2v) is 7.43. The number of rotatable bonds is 7. The van der Waals surface area contributed by atoms with Gasteiger partial charge in [-0.1, -0.05) is 54.1 Å². The van der Waals surface area contributed by atoms with Gasteiger partial charge in [-0.25, -0.2) is 0 Å². The minimum absolute atomic E-state index is 0.102. The molecule has 3 aromatic carbocycles. The van der Waals surface area contributed by atoms with Crippen LogP contribution in [0.5, 0.6) is 0 Å². The highest BCUT2D eigenvalue weighted by Crippen LogP contribution is 2.21. The van der Waals surface area contributed by atoms with Gasteiger partial charge in [0.05, 0.1) is 0 Å². The quantitative estimate of drug-likeness (QED) is 0.428. The van der Waals surface area contributed by atoms with Crippen molar-refractivity contribution in [1.82, 2.24) is 5.32 Å². The van der Waals surface area contributed by atoms with Gasteiger partial charge in [0.25, 0.3) is 0 Å². The first-order valence-electron chi connectivity index (χ1n) is 8.34. The molecule has 0 saturated carbocycles. The number of hydrogen-bond donors (Lipinski definition) is 1. The average Bonchev–Trinajstić information content (AvgIpc) is 2.65. The molecule has 0 aromatic heterocycles. The summed E-state index contributed by atoms with van der Waals surface area (Å²) in [6.07, 6.45) is 1.40. The molecular weight excluding hydrogens is 350 g/mol. The molecule has 128 valence electrons. The summed E-state index contributed by atoms with van der Waals surface area (Å²) in [6.45, 7) is 0.574. The molecular formula is C21H20ClNOS. The van der Waals surface area contributed by atoms with E-state index in [2.05, 4.69) is 29.6 Å². The Hall–Kier alpha value is -1.97. The highest BCUT2D eigenvalue weighted by molar-refractivity contribution is 7.99. The number of nitrogens with one attached hydrogen (secondary N) is 1. The minimum atomic E-state index is 0.102. The maximum Gasteiger partial charge on any atom is 0.220 e. The monoisotopic (exact) mass is 369 g/mol. The summed E-state index contributed by atoms with van der Waals surface area (Å²) >= 11 is 7.62. The maximum atomic E-state index is 12.1. The Morgan fingerprint density at radius 2 is 1.72 bits per heavy atom. The van der Waals surface area contributed by atoms with E-state index in [1.165, 1.54) is 15.7 Å². The lowest BCUT2D eigenvalue weighted by atomic mass is 10.0. The van der Waals surface area contributed by atoms with Crippen molar-refractivity contribution >= 4 is 40.0 Å². The van der Waals surface area contributed by atoms with Crippen molar-refractivity contribution in [2.24, 2.45) is 0 Å². The van der Waals surface area contributed by atoms with Gasteiger partial charge in [-0.05, 0) is 52.8 Å². The Labute approximate surface area is 157 Å². The molecule has 0 fully saturated rings. The van der Waals surface area contributed by atoms with Crippen molar-refractivity contribution in [3.8, 4) is 0 Å². The average molecular weight is 370 g/mol. The summed E-state index contributed by atoms with van der Waals surface area (Å²) in [7, 11) is 0. The first-order valence-corrected chi connectivity index (χ1v) is 9.70. The van der Waals surface area contributed by atoms with E-state index < -0.39 is 0 Å². The topological polar surface area (TPSA) is 29.1 Å². The molecule has 0 heterocycles. The number of benzene rings is 3. The summed E-state index contributed by atoms with van der Waals surface area (Å²) < 4.78 is 0. The molecule has 0 spiro atoms. The third kappa shape index (κ3) is 5.25. The smallest absolute Gasteiger partial charge is 0.220 e. The van der Waals surface area contributed by atoms with Gasteiger partial charge >= 0.3 is 0 Å². The second kappa shape index (κ2) is 8.93. The van der Waals surface area contributed by atoms with Crippen LogP contribution < -0.4 is 5.32 Å². The standard InChI is InChI=1S/C21H20ClNOS/c22-18-10-12-19(13-11-18)25-14-4-9-21(24)23-15-17-7-3-6-16-5-1-2-8-20(16)17/h1-3,5-8,10-13H,4,9,14-15H2,(H,23,24). The zero-order valence-corrected chi connectivity index (χ0v) is 15.4. The van der Waals surface area contributed by atoms with Gasteiger partial charge in [-0.15, -0.1) is 11.8 Å². The number of amides is 1.